The van der Waals surface area contributed by atoms with Gasteiger partial charge in [0.1, 0.15) is 12.3 Å². The first kappa shape index (κ1) is 13.6. The standard InChI is InChI=1S/C15H16N3.ClH/c1-12-4-6-13(7-5-12)14-11-17(10-8-16)15-3-2-9-18(14)15;/h4-7,11H,2-3,9-10H2,1H3;1H/q+1;/p-1. The summed E-state index contributed by atoms with van der Waals surface area (Å²) in [4.78, 5) is 0. The third-order valence-corrected chi connectivity index (χ3v) is 3.58. The number of imidazole rings is 1. The highest BCUT2D eigenvalue weighted by molar-refractivity contribution is 5.59. The summed E-state index contributed by atoms with van der Waals surface area (Å²) in [5, 5.41) is 8.89. The maximum atomic E-state index is 8.89. The summed E-state index contributed by atoms with van der Waals surface area (Å²) in [6.45, 7) is 3.61. The Morgan fingerprint density at radius 1 is 1.32 bits per heavy atom. The summed E-state index contributed by atoms with van der Waals surface area (Å²) in [6, 6.07) is 10.8. The van der Waals surface area contributed by atoms with Crippen LogP contribution in [0, 0.1) is 18.3 Å². The number of nitrogens with zero attached hydrogens (tertiary/aromatic N) is 3. The van der Waals surface area contributed by atoms with E-state index in [4.69, 9.17) is 5.26 Å². The maximum Gasteiger partial charge on any atom is 0.257 e. The second-order valence-corrected chi connectivity index (χ2v) is 4.84. The molecule has 98 valence electrons. The fourth-order valence-electron chi connectivity index (χ4n) is 2.68. The first-order valence-corrected chi connectivity index (χ1v) is 6.35. The van der Waals surface area contributed by atoms with Gasteiger partial charge in [-0.3, -0.25) is 0 Å². The van der Waals surface area contributed by atoms with E-state index in [1.165, 1.54) is 29.1 Å². The molecule has 0 atom stereocenters. The molecule has 4 heteroatoms. The van der Waals surface area contributed by atoms with Crippen molar-refractivity contribution in [2.45, 2.75) is 32.9 Å². The number of fused-ring (bicyclic) bond motifs is 1. The topological polar surface area (TPSA) is 32.6 Å². The summed E-state index contributed by atoms with van der Waals surface area (Å²) < 4.78 is 4.43. The molecule has 0 bridgehead atoms. The zero-order valence-electron chi connectivity index (χ0n) is 10.9. The van der Waals surface area contributed by atoms with Gasteiger partial charge in [-0.1, -0.05) is 29.8 Å². The number of hydrogen-bond acceptors (Lipinski definition) is 1. The molecule has 1 aliphatic heterocycles. The van der Waals surface area contributed by atoms with E-state index in [1.807, 2.05) is 0 Å². The third kappa shape index (κ3) is 2.36. The molecule has 0 N–H and O–H groups in total. The van der Waals surface area contributed by atoms with Crippen molar-refractivity contribution in [3.05, 3.63) is 41.9 Å². The predicted octanol–water partition coefficient (Wildman–Crippen LogP) is -0.775. The summed E-state index contributed by atoms with van der Waals surface area (Å²) >= 11 is 0. The molecule has 1 aliphatic rings. The lowest BCUT2D eigenvalue weighted by molar-refractivity contribution is -0.691. The van der Waals surface area contributed by atoms with Crippen molar-refractivity contribution in [2.24, 2.45) is 0 Å². The molecule has 2 heterocycles. The van der Waals surface area contributed by atoms with Crippen molar-refractivity contribution < 1.29 is 17.0 Å². The van der Waals surface area contributed by atoms with E-state index < -0.39 is 0 Å². The monoisotopic (exact) mass is 273 g/mol. The van der Waals surface area contributed by atoms with Gasteiger partial charge in [0.15, 0.2) is 12.2 Å². The summed E-state index contributed by atoms with van der Waals surface area (Å²) in [5.41, 5.74) is 3.75. The van der Waals surface area contributed by atoms with Crippen LogP contribution in [-0.2, 0) is 19.5 Å². The average Bonchev–Trinajstić information content (AvgIpc) is 2.95. The van der Waals surface area contributed by atoms with Crippen LogP contribution < -0.4 is 17.0 Å². The molecule has 0 spiro atoms. The average molecular weight is 274 g/mol. The SMILES string of the molecule is Cc1ccc(-c2c[n+](CC#N)c3n2CCC3)cc1.[Cl-]. The van der Waals surface area contributed by atoms with Crippen molar-refractivity contribution in [1.82, 2.24) is 4.57 Å². The molecule has 19 heavy (non-hydrogen) atoms. The van der Waals surface area contributed by atoms with Crippen molar-refractivity contribution >= 4 is 0 Å². The number of hydrogen-bond donors (Lipinski definition) is 0. The number of rotatable bonds is 2. The van der Waals surface area contributed by atoms with Gasteiger partial charge in [-0.2, -0.15) is 5.26 Å². The second-order valence-electron chi connectivity index (χ2n) is 4.84. The Hall–Kier alpha value is -1.79. The molecule has 0 saturated carbocycles. The van der Waals surface area contributed by atoms with Crippen molar-refractivity contribution in [3.63, 3.8) is 0 Å². The maximum absolute atomic E-state index is 8.89. The summed E-state index contributed by atoms with van der Waals surface area (Å²) in [5.74, 6) is 1.28. The van der Waals surface area contributed by atoms with E-state index in [0.29, 0.717) is 6.54 Å². The number of aryl methyl sites for hydroxylation is 1. The van der Waals surface area contributed by atoms with Crippen LogP contribution in [0.5, 0.6) is 0 Å². The quantitative estimate of drug-likeness (QED) is 0.661. The predicted molar refractivity (Wildman–Crippen MR) is 68.7 cm³/mol. The Balaban J connectivity index is 0.00000133. The van der Waals surface area contributed by atoms with Gasteiger partial charge >= 0.3 is 0 Å². The molecular weight excluding hydrogens is 258 g/mol. The number of halogens is 1. The molecule has 0 unspecified atom stereocenters. The van der Waals surface area contributed by atoms with Crippen LogP contribution in [-0.4, -0.2) is 4.57 Å². The van der Waals surface area contributed by atoms with Crippen LogP contribution in [0.3, 0.4) is 0 Å². The third-order valence-electron chi connectivity index (χ3n) is 3.58. The highest BCUT2D eigenvalue weighted by Crippen LogP contribution is 2.24. The number of benzene rings is 1. The van der Waals surface area contributed by atoms with Gasteiger partial charge in [0.25, 0.3) is 5.82 Å². The minimum absolute atomic E-state index is 0. The molecule has 0 fully saturated rings. The Labute approximate surface area is 119 Å². The van der Waals surface area contributed by atoms with Gasteiger partial charge in [-0.05, 0) is 13.3 Å². The molecule has 1 aromatic heterocycles. The van der Waals surface area contributed by atoms with Gasteiger partial charge in [-0.25, -0.2) is 9.13 Å². The van der Waals surface area contributed by atoms with Crippen molar-refractivity contribution in [2.75, 3.05) is 0 Å². The van der Waals surface area contributed by atoms with Crippen LogP contribution in [0.25, 0.3) is 11.3 Å². The largest absolute Gasteiger partial charge is 1.00 e. The van der Waals surface area contributed by atoms with E-state index in [-0.39, 0.29) is 12.4 Å². The van der Waals surface area contributed by atoms with Gasteiger partial charge in [0, 0.05) is 5.56 Å². The van der Waals surface area contributed by atoms with E-state index in [9.17, 15) is 0 Å². The van der Waals surface area contributed by atoms with E-state index in [2.05, 4.69) is 52.6 Å². The lowest BCUT2D eigenvalue weighted by Crippen LogP contribution is -3.00. The van der Waals surface area contributed by atoms with Gasteiger partial charge < -0.3 is 12.4 Å². The fraction of sp³-hybridized carbons (Fsp3) is 0.333. The molecule has 3 nitrogen and oxygen atoms in total. The molecule has 0 saturated heterocycles. The number of aromatic nitrogens is 2. The normalized spacial score (nSPS) is 12.6. The van der Waals surface area contributed by atoms with Gasteiger partial charge in [-0.15, -0.1) is 0 Å². The first-order valence-electron chi connectivity index (χ1n) is 6.35. The first-order chi connectivity index (χ1) is 8.79. The lowest BCUT2D eigenvalue weighted by Gasteiger charge is -1.99. The Kier molecular flexibility index (Phi) is 3.92. The van der Waals surface area contributed by atoms with Crippen LogP contribution in [0.15, 0.2) is 30.5 Å². The van der Waals surface area contributed by atoms with Crippen molar-refractivity contribution in [1.29, 1.82) is 5.26 Å². The van der Waals surface area contributed by atoms with E-state index in [1.54, 1.807) is 0 Å². The number of nitriles is 1. The minimum atomic E-state index is 0. The molecule has 0 radical (unpaired) electrons. The summed E-state index contributed by atoms with van der Waals surface area (Å²) in [6.07, 6.45) is 4.37. The highest BCUT2D eigenvalue weighted by atomic mass is 35.5. The van der Waals surface area contributed by atoms with E-state index in [0.717, 1.165) is 13.0 Å². The lowest BCUT2D eigenvalue weighted by atomic mass is 10.1. The molecule has 2 aromatic rings. The highest BCUT2D eigenvalue weighted by Gasteiger charge is 2.28. The Morgan fingerprint density at radius 3 is 2.74 bits per heavy atom. The van der Waals surface area contributed by atoms with Crippen molar-refractivity contribution in [3.8, 4) is 17.3 Å². The zero-order chi connectivity index (χ0) is 12.5. The molecule has 3 rings (SSSR count). The van der Waals surface area contributed by atoms with Crippen LogP contribution in [0.1, 0.15) is 17.8 Å². The minimum Gasteiger partial charge on any atom is -1.00 e. The Morgan fingerprint density at radius 2 is 2.05 bits per heavy atom. The van der Waals surface area contributed by atoms with Crippen LogP contribution in [0.4, 0.5) is 0 Å². The molecule has 1 aromatic carbocycles. The fourth-order valence-corrected chi connectivity index (χ4v) is 2.68. The second kappa shape index (κ2) is 5.46. The Bertz CT molecular complexity index is 620. The smallest absolute Gasteiger partial charge is 0.257 e. The van der Waals surface area contributed by atoms with E-state index >= 15 is 0 Å². The van der Waals surface area contributed by atoms with Crippen LogP contribution >= 0.6 is 0 Å². The zero-order valence-corrected chi connectivity index (χ0v) is 11.7. The molecular formula is C15H16ClN3. The van der Waals surface area contributed by atoms with Gasteiger partial charge in [0.2, 0.25) is 0 Å². The summed E-state index contributed by atoms with van der Waals surface area (Å²) in [7, 11) is 0. The molecule has 0 aliphatic carbocycles. The molecule has 0 amide bonds. The van der Waals surface area contributed by atoms with Crippen LogP contribution in [0.2, 0.25) is 0 Å². The van der Waals surface area contributed by atoms with Gasteiger partial charge in [0.05, 0.1) is 13.0 Å².